The molecule has 10 heteroatoms. The van der Waals surface area contributed by atoms with Gasteiger partial charge in [-0.25, -0.2) is 0 Å². The Kier molecular flexibility index (Phi) is 9.27. The number of aromatic nitrogens is 2. The molecule has 3 heterocycles. The molecule has 1 aliphatic heterocycles. The zero-order valence-electron chi connectivity index (χ0n) is 27.3. The standard InChI is InChI=1S/C39H33N3O4S3/c1-4-40-30-17-11-12-18-32(30)47-33(40)21-27(46-3)22-34-42(24-36(43)44)39(45)38(49-34)29(25-13-7-6-8-14-25)23-35-41(5-2)31-20-19-26-15-9-10-16-28(26)37(31)48-35/h6-23H,4-5,24H2,1-3H3/p+1. The van der Waals surface area contributed by atoms with E-state index in [-0.39, 0.29) is 5.56 Å². The highest BCUT2D eigenvalue weighted by molar-refractivity contribution is 8.04. The van der Waals surface area contributed by atoms with Crippen LogP contribution in [0.25, 0.3) is 38.7 Å². The molecule has 0 radical (unpaired) electrons. The molecule has 1 N–H and O–H groups in total. The molecule has 6 aromatic rings. The van der Waals surface area contributed by atoms with Gasteiger partial charge in [-0.05, 0) is 48.4 Å². The Balaban J connectivity index is 1.45. The summed E-state index contributed by atoms with van der Waals surface area (Å²) in [7, 11) is 1.59. The van der Waals surface area contributed by atoms with Gasteiger partial charge in [-0.3, -0.25) is 14.2 Å². The van der Waals surface area contributed by atoms with Gasteiger partial charge in [0.25, 0.3) is 10.6 Å². The van der Waals surface area contributed by atoms with Gasteiger partial charge >= 0.3 is 5.97 Å². The lowest BCUT2D eigenvalue weighted by atomic mass is 10.1. The zero-order chi connectivity index (χ0) is 34.1. The molecule has 0 unspecified atom stereocenters. The first-order chi connectivity index (χ1) is 23.9. The Morgan fingerprint density at radius 2 is 1.67 bits per heavy atom. The first-order valence-electron chi connectivity index (χ1n) is 16.0. The molecule has 0 bridgehead atoms. The van der Waals surface area contributed by atoms with Gasteiger partial charge in [0.15, 0.2) is 0 Å². The largest absolute Gasteiger partial charge is 0.496 e. The van der Waals surface area contributed by atoms with Crippen molar-refractivity contribution in [3.8, 4) is 0 Å². The number of aryl methyl sites for hydroxylation is 1. The normalized spacial score (nSPS) is 15.0. The van der Waals surface area contributed by atoms with Gasteiger partial charge < -0.3 is 14.7 Å². The number of methoxy groups -OCH3 is 1. The second-order valence-electron chi connectivity index (χ2n) is 11.3. The molecule has 0 fully saturated rings. The van der Waals surface area contributed by atoms with Crippen LogP contribution in [0.3, 0.4) is 0 Å². The van der Waals surface area contributed by atoms with Crippen molar-refractivity contribution in [3.05, 3.63) is 138 Å². The molecule has 7 rings (SSSR count). The van der Waals surface area contributed by atoms with E-state index in [9.17, 15) is 14.7 Å². The summed E-state index contributed by atoms with van der Waals surface area (Å²) in [5, 5.41) is 14.3. The number of carbonyl (C=O) groups is 1. The van der Waals surface area contributed by atoms with Crippen molar-refractivity contribution >= 4 is 84.8 Å². The number of rotatable bonds is 9. The third-order valence-electron chi connectivity index (χ3n) is 8.46. The smallest absolute Gasteiger partial charge is 0.323 e. The van der Waals surface area contributed by atoms with Gasteiger partial charge in [-0.15, -0.1) is 11.3 Å². The van der Waals surface area contributed by atoms with Gasteiger partial charge in [-0.2, -0.15) is 4.57 Å². The summed E-state index contributed by atoms with van der Waals surface area (Å²) in [5.41, 5.74) is 3.52. The molecule has 0 aliphatic carbocycles. The SMILES string of the molecule is CCN1C(=CC(c2ccccc2)=c2sc(=CC(=Cc3sc4ccccc4[n+]3CC)OC)n(CC(=O)O)c2=O)Sc2c1ccc1ccccc21. The van der Waals surface area contributed by atoms with Crippen molar-refractivity contribution in [2.45, 2.75) is 31.8 Å². The van der Waals surface area contributed by atoms with E-state index in [0.29, 0.717) is 15.0 Å². The number of thiazole rings is 2. The molecule has 0 saturated carbocycles. The van der Waals surface area contributed by atoms with E-state index >= 15 is 0 Å². The number of ether oxygens (including phenoxy) is 1. The maximum absolute atomic E-state index is 14.3. The van der Waals surface area contributed by atoms with E-state index in [1.165, 1.54) is 31.6 Å². The topological polar surface area (TPSA) is 75.7 Å². The molecule has 0 atom stereocenters. The van der Waals surface area contributed by atoms with Crippen LogP contribution >= 0.6 is 34.4 Å². The van der Waals surface area contributed by atoms with Gasteiger partial charge in [0.05, 0.1) is 23.9 Å². The van der Waals surface area contributed by atoms with E-state index in [0.717, 1.165) is 50.2 Å². The van der Waals surface area contributed by atoms with Crippen LogP contribution in [0.5, 0.6) is 0 Å². The Morgan fingerprint density at radius 1 is 0.918 bits per heavy atom. The molecular weight excluding hydrogens is 671 g/mol. The third-order valence-corrected chi connectivity index (χ3v) is 11.9. The van der Waals surface area contributed by atoms with Gasteiger partial charge in [-0.1, -0.05) is 95.9 Å². The Bertz CT molecular complexity index is 2470. The fraction of sp³-hybridized carbons (Fsp3) is 0.154. The molecule has 2 aromatic heterocycles. The van der Waals surface area contributed by atoms with Gasteiger partial charge in [0, 0.05) is 29.2 Å². The number of anilines is 1. The highest BCUT2D eigenvalue weighted by Gasteiger charge is 2.27. The van der Waals surface area contributed by atoms with Crippen LogP contribution in [-0.4, -0.2) is 29.3 Å². The summed E-state index contributed by atoms with van der Waals surface area (Å²) in [6, 6.07) is 30.7. The molecule has 0 spiro atoms. The van der Waals surface area contributed by atoms with Crippen LogP contribution in [0.2, 0.25) is 0 Å². The van der Waals surface area contributed by atoms with E-state index in [1.807, 2.05) is 54.6 Å². The summed E-state index contributed by atoms with van der Waals surface area (Å²) in [4.78, 5) is 29.8. The van der Waals surface area contributed by atoms with Crippen LogP contribution in [0.4, 0.5) is 5.69 Å². The first-order valence-corrected chi connectivity index (χ1v) is 18.4. The fourth-order valence-corrected chi connectivity index (χ4v) is 9.76. The van der Waals surface area contributed by atoms with Crippen LogP contribution in [0.15, 0.2) is 118 Å². The van der Waals surface area contributed by atoms with E-state index in [4.69, 9.17) is 4.74 Å². The second kappa shape index (κ2) is 13.9. The zero-order valence-corrected chi connectivity index (χ0v) is 29.7. The number of carboxylic acid groups (broad SMARTS) is 1. The number of thioether (sulfide) groups is 1. The lowest BCUT2D eigenvalue weighted by Gasteiger charge is -2.18. The predicted molar refractivity (Wildman–Crippen MR) is 202 cm³/mol. The summed E-state index contributed by atoms with van der Waals surface area (Å²) in [6.07, 6.45) is 5.79. The van der Waals surface area contributed by atoms with Crippen LogP contribution in [0.1, 0.15) is 24.4 Å². The van der Waals surface area contributed by atoms with Crippen LogP contribution in [0, 0.1) is 0 Å². The van der Waals surface area contributed by atoms with Crippen molar-refractivity contribution in [2.24, 2.45) is 0 Å². The Labute approximate surface area is 295 Å². The summed E-state index contributed by atoms with van der Waals surface area (Å²) < 4.78 is 11.5. The maximum Gasteiger partial charge on any atom is 0.323 e. The number of allylic oxidation sites excluding steroid dienone is 2. The minimum Gasteiger partial charge on any atom is -0.496 e. The third kappa shape index (κ3) is 6.23. The highest BCUT2D eigenvalue weighted by Crippen LogP contribution is 2.49. The number of nitrogens with zero attached hydrogens (tertiary/aromatic N) is 3. The van der Waals surface area contributed by atoms with Crippen LogP contribution in [-0.2, 0) is 22.6 Å². The average molecular weight is 705 g/mol. The number of para-hydroxylation sites is 1. The van der Waals surface area contributed by atoms with Crippen molar-refractivity contribution in [2.75, 3.05) is 18.6 Å². The molecule has 1 aliphatic rings. The average Bonchev–Trinajstić information content (AvgIpc) is 3.77. The molecule has 0 amide bonds. The number of hydrogen-bond acceptors (Lipinski definition) is 7. The van der Waals surface area contributed by atoms with E-state index < -0.39 is 12.5 Å². The van der Waals surface area contributed by atoms with Gasteiger partial charge in [0.2, 0.25) is 5.52 Å². The lowest BCUT2D eigenvalue weighted by molar-refractivity contribution is -0.665. The van der Waals surface area contributed by atoms with Crippen molar-refractivity contribution in [1.29, 1.82) is 0 Å². The molecule has 0 saturated heterocycles. The van der Waals surface area contributed by atoms with Crippen LogP contribution < -0.4 is 24.2 Å². The summed E-state index contributed by atoms with van der Waals surface area (Å²) >= 11 is 4.62. The number of aliphatic carboxylic acids is 1. The molecule has 49 heavy (non-hydrogen) atoms. The number of carboxylic acids is 1. The molecule has 246 valence electrons. The summed E-state index contributed by atoms with van der Waals surface area (Å²) in [6.45, 7) is 5.27. The number of hydrogen-bond donors (Lipinski definition) is 1. The molecular formula is C39H34N3O4S3+. The van der Waals surface area contributed by atoms with E-state index in [1.54, 1.807) is 36.3 Å². The maximum atomic E-state index is 14.3. The van der Waals surface area contributed by atoms with Crippen molar-refractivity contribution < 1.29 is 19.2 Å². The lowest BCUT2D eigenvalue weighted by Crippen LogP contribution is -2.35. The number of benzene rings is 4. The first kappa shape index (κ1) is 32.6. The monoisotopic (exact) mass is 704 g/mol. The fourth-order valence-electron chi connectivity index (χ4n) is 6.16. The Hall–Kier alpha value is -4.90. The summed E-state index contributed by atoms with van der Waals surface area (Å²) in [5.74, 6) is -0.575. The van der Waals surface area contributed by atoms with Crippen molar-refractivity contribution in [3.63, 3.8) is 0 Å². The predicted octanol–water partition coefficient (Wildman–Crippen LogP) is 6.81. The minimum absolute atomic E-state index is 0.357. The highest BCUT2D eigenvalue weighted by atomic mass is 32.2. The molecule has 4 aromatic carbocycles. The molecule has 7 nitrogen and oxygen atoms in total. The van der Waals surface area contributed by atoms with Crippen molar-refractivity contribution in [1.82, 2.24) is 4.57 Å². The van der Waals surface area contributed by atoms with E-state index in [2.05, 4.69) is 71.9 Å². The minimum atomic E-state index is -1.09. The second-order valence-corrected chi connectivity index (χ2v) is 14.5. The Morgan fingerprint density at radius 3 is 2.43 bits per heavy atom. The number of fused-ring (bicyclic) bond motifs is 4. The van der Waals surface area contributed by atoms with Gasteiger partial charge in [0.1, 0.15) is 32.7 Å². The quantitative estimate of drug-likeness (QED) is 0.132.